The van der Waals surface area contributed by atoms with E-state index in [0.717, 1.165) is 51.4 Å². The zero-order valence-electron chi connectivity index (χ0n) is 20.5. The van der Waals surface area contributed by atoms with Gasteiger partial charge in [-0.3, -0.25) is 4.79 Å². The van der Waals surface area contributed by atoms with Crippen molar-refractivity contribution >= 4 is 5.91 Å². The topological polar surface area (TPSA) is 131 Å². The number of carbonyl (C=O) groups excluding carboxylic acids is 1. The Bertz CT molecular complexity index is 622. The maximum Gasteiger partial charge on any atom is 0.223 e. The van der Waals surface area contributed by atoms with Crippen molar-refractivity contribution in [3.05, 3.63) is 36.5 Å². The van der Waals surface area contributed by atoms with Crippen molar-refractivity contribution in [2.75, 3.05) is 19.8 Å². The lowest BCUT2D eigenvalue weighted by Gasteiger charge is -2.45. The molecule has 1 aliphatic heterocycles. The minimum absolute atomic E-state index is 0.0888. The lowest BCUT2D eigenvalue weighted by Crippen LogP contribution is -2.65. The molecule has 5 N–H and O–H groups in total. The predicted molar refractivity (Wildman–Crippen MR) is 132 cm³/mol. The molecule has 0 bridgehead atoms. The van der Waals surface area contributed by atoms with Gasteiger partial charge in [-0.25, -0.2) is 0 Å². The van der Waals surface area contributed by atoms with Crippen molar-refractivity contribution in [3.63, 3.8) is 0 Å². The Labute approximate surface area is 204 Å². The van der Waals surface area contributed by atoms with Crippen molar-refractivity contribution in [3.8, 4) is 0 Å². The van der Waals surface area contributed by atoms with Crippen LogP contribution < -0.4 is 0 Å². The van der Waals surface area contributed by atoms with Crippen molar-refractivity contribution < 1.29 is 35.1 Å². The minimum Gasteiger partial charge on any atom is -0.395 e. The molecule has 8 heteroatoms. The summed E-state index contributed by atoms with van der Waals surface area (Å²) >= 11 is 0. The summed E-state index contributed by atoms with van der Waals surface area (Å²) in [5.41, 5.74) is 0. The monoisotopic (exact) mass is 483 g/mol. The Morgan fingerprint density at radius 3 is 2.12 bits per heavy atom. The van der Waals surface area contributed by atoms with Gasteiger partial charge in [-0.15, -0.1) is 0 Å². The molecule has 5 atom stereocenters. The third-order valence-electron chi connectivity index (χ3n) is 5.93. The molecule has 196 valence electrons. The number of hydrogen-bond donors (Lipinski definition) is 5. The van der Waals surface area contributed by atoms with Crippen molar-refractivity contribution in [1.82, 2.24) is 4.90 Å². The Morgan fingerprint density at radius 2 is 1.47 bits per heavy atom. The molecule has 0 saturated carbocycles. The fourth-order valence-corrected chi connectivity index (χ4v) is 4.01. The second-order valence-electron chi connectivity index (χ2n) is 8.63. The molecule has 0 aliphatic carbocycles. The van der Waals surface area contributed by atoms with Gasteiger partial charge in [0.1, 0.15) is 24.4 Å². The number of ether oxygens (including phenoxy) is 1. The van der Waals surface area contributed by atoms with Crippen LogP contribution >= 0.6 is 0 Å². The molecular weight excluding hydrogens is 438 g/mol. The van der Waals surface area contributed by atoms with Crippen LogP contribution in [-0.4, -0.2) is 86.7 Å². The summed E-state index contributed by atoms with van der Waals surface area (Å²) < 4.78 is 5.15. The van der Waals surface area contributed by atoms with Gasteiger partial charge in [-0.1, -0.05) is 62.6 Å². The summed E-state index contributed by atoms with van der Waals surface area (Å²) in [6.45, 7) is 1.12. The van der Waals surface area contributed by atoms with Gasteiger partial charge in [-0.05, 0) is 38.5 Å². The molecule has 8 nitrogen and oxygen atoms in total. The van der Waals surface area contributed by atoms with Crippen molar-refractivity contribution in [1.29, 1.82) is 0 Å². The molecule has 1 rings (SSSR count). The fourth-order valence-electron chi connectivity index (χ4n) is 4.01. The molecule has 0 aromatic carbocycles. The Hall–Kier alpha value is -1.55. The lowest BCUT2D eigenvalue weighted by molar-refractivity contribution is -0.270. The molecule has 1 fully saturated rings. The van der Waals surface area contributed by atoms with Crippen LogP contribution in [0.15, 0.2) is 36.5 Å². The summed E-state index contributed by atoms with van der Waals surface area (Å²) in [6.07, 6.45) is 16.5. The lowest BCUT2D eigenvalue weighted by atomic mass is 9.95. The van der Waals surface area contributed by atoms with Crippen LogP contribution in [0.3, 0.4) is 0 Å². The highest BCUT2D eigenvalue weighted by Crippen LogP contribution is 2.25. The number of carbonyl (C=O) groups is 1. The van der Waals surface area contributed by atoms with E-state index in [2.05, 4.69) is 43.4 Å². The average Bonchev–Trinajstić information content (AvgIpc) is 2.83. The van der Waals surface area contributed by atoms with Crippen LogP contribution in [-0.2, 0) is 9.53 Å². The van der Waals surface area contributed by atoms with E-state index >= 15 is 0 Å². The van der Waals surface area contributed by atoms with E-state index in [1.807, 2.05) is 0 Å². The Balaban J connectivity index is 2.26. The van der Waals surface area contributed by atoms with E-state index in [9.17, 15) is 30.3 Å². The highest BCUT2D eigenvalue weighted by molar-refractivity contribution is 5.76. The molecule has 0 radical (unpaired) electrons. The number of aliphatic hydroxyl groups is 5. The molecule has 1 heterocycles. The number of unbranched alkanes of at least 4 members (excludes halogenated alkanes) is 5. The molecule has 1 unspecified atom stereocenters. The maximum absolute atomic E-state index is 12.7. The first-order valence-corrected chi connectivity index (χ1v) is 12.6. The first-order valence-electron chi connectivity index (χ1n) is 12.6. The summed E-state index contributed by atoms with van der Waals surface area (Å²) in [4.78, 5) is 13.9. The molecule has 1 amide bonds. The summed E-state index contributed by atoms with van der Waals surface area (Å²) in [7, 11) is 0. The van der Waals surface area contributed by atoms with E-state index < -0.39 is 37.3 Å². The van der Waals surface area contributed by atoms with Crippen LogP contribution in [0.5, 0.6) is 0 Å². The first kappa shape index (κ1) is 30.5. The quantitative estimate of drug-likeness (QED) is 0.158. The van der Waals surface area contributed by atoms with Gasteiger partial charge in [0.05, 0.1) is 13.2 Å². The molecule has 34 heavy (non-hydrogen) atoms. The third-order valence-corrected chi connectivity index (χ3v) is 5.93. The molecular formula is C26H45NO7. The smallest absolute Gasteiger partial charge is 0.223 e. The Morgan fingerprint density at radius 1 is 0.853 bits per heavy atom. The first-order chi connectivity index (χ1) is 16.5. The van der Waals surface area contributed by atoms with Gasteiger partial charge in [0.2, 0.25) is 5.91 Å². The second kappa shape index (κ2) is 18.7. The van der Waals surface area contributed by atoms with Gasteiger partial charge in [0.15, 0.2) is 6.29 Å². The second-order valence-corrected chi connectivity index (χ2v) is 8.63. The van der Waals surface area contributed by atoms with Crippen molar-refractivity contribution in [2.45, 2.75) is 102 Å². The predicted octanol–water partition coefficient (Wildman–Crippen LogP) is 2.20. The van der Waals surface area contributed by atoms with Crippen LogP contribution in [0.2, 0.25) is 0 Å². The van der Waals surface area contributed by atoms with E-state index in [0.29, 0.717) is 6.42 Å². The molecule has 0 spiro atoms. The number of amides is 1. The van der Waals surface area contributed by atoms with Gasteiger partial charge in [0.25, 0.3) is 0 Å². The molecule has 0 aromatic heterocycles. The highest BCUT2D eigenvalue weighted by atomic mass is 16.6. The average molecular weight is 484 g/mol. The normalized spacial score (nSPS) is 25.6. The van der Waals surface area contributed by atoms with Crippen molar-refractivity contribution in [2.24, 2.45) is 0 Å². The molecule has 0 aromatic rings. The number of allylic oxidation sites excluding steroid dienone is 6. The number of hydrogen-bond acceptors (Lipinski definition) is 7. The van der Waals surface area contributed by atoms with Crippen LogP contribution in [0.1, 0.15) is 71.1 Å². The van der Waals surface area contributed by atoms with Crippen LogP contribution in [0.25, 0.3) is 0 Å². The van der Waals surface area contributed by atoms with Gasteiger partial charge < -0.3 is 35.2 Å². The number of aliphatic hydroxyl groups excluding tert-OH is 5. The minimum atomic E-state index is -1.56. The molecule has 1 saturated heterocycles. The van der Waals surface area contributed by atoms with Crippen LogP contribution in [0, 0.1) is 0 Å². The van der Waals surface area contributed by atoms with Crippen LogP contribution in [0.4, 0.5) is 0 Å². The summed E-state index contributed by atoms with van der Waals surface area (Å²) in [6, 6.07) is -1.20. The van der Waals surface area contributed by atoms with Gasteiger partial charge in [-0.2, -0.15) is 0 Å². The van der Waals surface area contributed by atoms with E-state index in [4.69, 9.17) is 4.74 Å². The molecule has 1 aliphatic rings. The zero-order valence-corrected chi connectivity index (χ0v) is 20.5. The third kappa shape index (κ3) is 11.3. The summed E-state index contributed by atoms with van der Waals surface area (Å²) in [5.74, 6) is -0.323. The van der Waals surface area contributed by atoms with E-state index in [1.165, 1.54) is 4.90 Å². The van der Waals surface area contributed by atoms with Gasteiger partial charge in [0, 0.05) is 13.0 Å². The van der Waals surface area contributed by atoms with Gasteiger partial charge >= 0.3 is 0 Å². The highest BCUT2D eigenvalue weighted by Gasteiger charge is 2.47. The summed E-state index contributed by atoms with van der Waals surface area (Å²) in [5, 5.41) is 49.2. The standard InChI is InChI=1S/C26H45NO7/c1-2-3-4-5-6-7-8-9-10-11-12-13-14-15-16-17-22(30)27(18-19-28)23-25(32)24(31)21(20-29)34-26(23)33/h3-4,6-7,9-10,21,23-26,28-29,31-33H,2,5,8,11-20H2,1H3/b4-3-,7-6-,10-9-/t21-,23-,24-,25-,26?/m1/s1. The van der Waals surface area contributed by atoms with E-state index in [-0.39, 0.29) is 25.5 Å². The fraction of sp³-hybridized carbons (Fsp3) is 0.731. The van der Waals surface area contributed by atoms with E-state index in [1.54, 1.807) is 0 Å². The largest absolute Gasteiger partial charge is 0.395 e. The Kier molecular flexibility index (Phi) is 16.8. The zero-order chi connectivity index (χ0) is 25.2. The SMILES string of the molecule is CC/C=C\C/C=C\C/C=C\CCCCCCCC(=O)N(CCO)[C@H]1C(O)O[C@H](CO)[C@@H](O)[C@@H]1O. The number of nitrogens with zero attached hydrogens (tertiary/aromatic N) is 1. The number of rotatable bonds is 17. The maximum atomic E-state index is 12.7.